The van der Waals surface area contributed by atoms with Crippen molar-refractivity contribution in [3.63, 3.8) is 0 Å². The van der Waals surface area contributed by atoms with E-state index in [1.165, 1.54) is 12.8 Å². The normalized spacial score (nSPS) is 18.3. The smallest absolute Gasteiger partial charge is 0.241 e. The molecule has 2 heterocycles. The van der Waals surface area contributed by atoms with Crippen LogP contribution in [0, 0.1) is 0 Å². The topological polar surface area (TPSA) is 60.6 Å². The van der Waals surface area contributed by atoms with E-state index in [9.17, 15) is 0 Å². The summed E-state index contributed by atoms with van der Waals surface area (Å²) in [7, 11) is 3.70. The fourth-order valence-electron chi connectivity index (χ4n) is 2.77. The largest absolute Gasteiger partial charge is 0.497 e. The monoisotopic (exact) mass is 317 g/mol. The average molecular weight is 317 g/mol. The molecule has 6 heteroatoms. The van der Waals surface area contributed by atoms with Crippen molar-refractivity contribution < 1.29 is 14.0 Å². The Morgan fingerprint density at radius 2 is 2.09 bits per heavy atom. The molecule has 3 rings (SSSR count). The molecule has 0 bridgehead atoms. The highest BCUT2D eigenvalue weighted by Crippen LogP contribution is 2.20. The van der Waals surface area contributed by atoms with Crippen molar-refractivity contribution >= 4 is 0 Å². The van der Waals surface area contributed by atoms with Gasteiger partial charge in [-0.25, -0.2) is 0 Å². The van der Waals surface area contributed by atoms with Gasteiger partial charge in [-0.2, -0.15) is 4.98 Å². The molecule has 0 saturated carbocycles. The summed E-state index contributed by atoms with van der Waals surface area (Å²) in [5.74, 6) is 2.03. The molecule has 1 aromatic carbocycles. The molecule has 6 nitrogen and oxygen atoms in total. The van der Waals surface area contributed by atoms with Crippen LogP contribution in [0.2, 0.25) is 0 Å². The highest BCUT2D eigenvalue weighted by Gasteiger charge is 2.17. The van der Waals surface area contributed by atoms with Gasteiger partial charge in [0.25, 0.3) is 0 Å². The number of rotatable bonds is 6. The highest BCUT2D eigenvalue weighted by molar-refractivity contribution is 5.55. The second-order valence-electron chi connectivity index (χ2n) is 5.93. The van der Waals surface area contributed by atoms with Gasteiger partial charge in [0.05, 0.1) is 19.8 Å². The van der Waals surface area contributed by atoms with Crippen LogP contribution in [0.4, 0.5) is 0 Å². The van der Waals surface area contributed by atoms with E-state index < -0.39 is 0 Å². The Morgan fingerprint density at radius 1 is 1.26 bits per heavy atom. The zero-order valence-corrected chi connectivity index (χ0v) is 13.7. The Kier molecular flexibility index (Phi) is 5.25. The third kappa shape index (κ3) is 4.30. The van der Waals surface area contributed by atoms with Crippen molar-refractivity contribution in [3.8, 4) is 17.1 Å². The molecule has 1 aliphatic rings. The number of benzene rings is 1. The van der Waals surface area contributed by atoms with Gasteiger partial charge < -0.3 is 14.0 Å². The molecule has 1 aromatic heterocycles. The molecule has 0 amide bonds. The quantitative estimate of drug-likeness (QED) is 0.816. The van der Waals surface area contributed by atoms with Crippen molar-refractivity contribution in [2.45, 2.75) is 31.9 Å². The molecule has 1 unspecified atom stereocenters. The number of hydrogen-bond acceptors (Lipinski definition) is 6. The molecule has 0 radical (unpaired) electrons. The van der Waals surface area contributed by atoms with Crippen LogP contribution in [0.5, 0.6) is 5.75 Å². The van der Waals surface area contributed by atoms with E-state index in [-0.39, 0.29) is 0 Å². The minimum Gasteiger partial charge on any atom is -0.497 e. The standard InChI is InChI=1S/C17H23N3O3/c1-20(11-15-5-3-4-10-22-15)12-16-18-17(19-23-16)13-6-8-14(21-2)9-7-13/h6-9,15H,3-5,10-12H2,1-2H3. The molecule has 1 atom stereocenters. The third-order valence-corrected chi connectivity index (χ3v) is 4.01. The summed E-state index contributed by atoms with van der Waals surface area (Å²) in [4.78, 5) is 6.64. The van der Waals surface area contributed by atoms with Gasteiger partial charge in [-0.3, -0.25) is 4.90 Å². The molecular formula is C17H23N3O3. The number of hydrogen-bond donors (Lipinski definition) is 0. The molecule has 124 valence electrons. The molecule has 0 spiro atoms. The van der Waals surface area contributed by atoms with E-state index in [2.05, 4.69) is 22.1 Å². The van der Waals surface area contributed by atoms with Gasteiger partial charge in [-0.1, -0.05) is 5.16 Å². The van der Waals surface area contributed by atoms with Crippen LogP contribution in [0.25, 0.3) is 11.4 Å². The van der Waals surface area contributed by atoms with Gasteiger partial charge in [-0.15, -0.1) is 0 Å². The first-order chi connectivity index (χ1) is 11.2. The summed E-state index contributed by atoms with van der Waals surface area (Å²) >= 11 is 0. The molecule has 23 heavy (non-hydrogen) atoms. The highest BCUT2D eigenvalue weighted by atomic mass is 16.5. The first-order valence-electron chi connectivity index (χ1n) is 8.02. The van der Waals surface area contributed by atoms with Crippen LogP contribution >= 0.6 is 0 Å². The molecule has 1 fully saturated rings. The predicted octanol–water partition coefficient (Wildman–Crippen LogP) is 2.75. The van der Waals surface area contributed by atoms with Crippen LogP contribution in [0.1, 0.15) is 25.2 Å². The van der Waals surface area contributed by atoms with E-state index in [4.69, 9.17) is 14.0 Å². The Morgan fingerprint density at radius 3 is 2.78 bits per heavy atom. The molecule has 1 saturated heterocycles. The summed E-state index contributed by atoms with van der Waals surface area (Å²) in [5.41, 5.74) is 0.916. The van der Waals surface area contributed by atoms with Gasteiger partial charge in [0.2, 0.25) is 11.7 Å². The van der Waals surface area contributed by atoms with Gasteiger partial charge in [-0.05, 0) is 50.6 Å². The van der Waals surface area contributed by atoms with E-state index in [0.717, 1.165) is 30.9 Å². The summed E-state index contributed by atoms with van der Waals surface area (Å²) < 4.78 is 16.3. The number of ether oxygens (including phenoxy) is 2. The number of nitrogens with zero attached hydrogens (tertiary/aromatic N) is 3. The van der Waals surface area contributed by atoms with Crippen LogP contribution in [-0.2, 0) is 11.3 Å². The average Bonchev–Trinajstić information content (AvgIpc) is 3.04. The fraction of sp³-hybridized carbons (Fsp3) is 0.529. The van der Waals surface area contributed by atoms with Crippen molar-refractivity contribution in [1.29, 1.82) is 0 Å². The van der Waals surface area contributed by atoms with Gasteiger partial charge >= 0.3 is 0 Å². The summed E-state index contributed by atoms with van der Waals surface area (Å²) in [6, 6.07) is 7.62. The Labute approximate surface area is 136 Å². The van der Waals surface area contributed by atoms with E-state index in [1.54, 1.807) is 7.11 Å². The maximum Gasteiger partial charge on any atom is 0.241 e. The first kappa shape index (κ1) is 16.0. The Hall–Kier alpha value is -1.92. The van der Waals surface area contributed by atoms with E-state index >= 15 is 0 Å². The van der Waals surface area contributed by atoms with Crippen LogP contribution in [0.15, 0.2) is 28.8 Å². The van der Waals surface area contributed by atoms with Crippen LogP contribution < -0.4 is 4.74 Å². The molecule has 1 aliphatic heterocycles. The predicted molar refractivity (Wildman–Crippen MR) is 86.2 cm³/mol. The van der Waals surface area contributed by atoms with Crippen molar-refractivity contribution in [2.75, 3.05) is 27.3 Å². The molecule has 0 aliphatic carbocycles. The maximum atomic E-state index is 5.76. The van der Waals surface area contributed by atoms with E-state index in [1.807, 2.05) is 24.3 Å². The SMILES string of the molecule is COc1ccc(-c2noc(CN(C)CC3CCCCO3)n2)cc1. The number of likely N-dealkylation sites (N-methyl/N-ethyl adjacent to an activating group) is 1. The lowest BCUT2D eigenvalue weighted by Crippen LogP contribution is -2.33. The lowest BCUT2D eigenvalue weighted by molar-refractivity contribution is -0.00382. The Balaban J connectivity index is 1.57. The zero-order valence-electron chi connectivity index (χ0n) is 13.7. The Bertz CT molecular complexity index is 606. The minimum atomic E-state index is 0.317. The van der Waals surface area contributed by atoms with Crippen molar-refractivity contribution in [2.24, 2.45) is 0 Å². The number of aromatic nitrogens is 2. The molecule has 2 aromatic rings. The maximum absolute atomic E-state index is 5.76. The second-order valence-corrected chi connectivity index (χ2v) is 5.93. The third-order valence-electron chi connectivity index (χ3n) is 4.01. The number of methoxy groups -OCH3 is 1. The second kappa shape index (κ2) is 7.57. The van der Waals surface area contributed by atoms with Crippen LogP contribution in [0.3, 0.4) is 0 Å². The van der Waals surface area contributed by atoms with Gasteiger partial charge in [0, 0.05) is 18.7 Å². The zero-order chi connectivity index (χ0) is 16.1. The summed E-state index contributed by atoms with van der Waals surface area (Å²) in [6.45, 7) is 2.39. The lowest BCUT2D eigenvalue weighted by Gasteiger charge is -2.26. The van der Waals surface area contributed by atoms with E-state index in [0.29, 0.717) is 24.4 Å². The fourth-order valence-corrected chi connectivity index (χ4v) is 2.77. The van der Waals surface area contributed by atoms with Gasteiger partial charge in [0.15, 0.2) is 0 Å². The molecular weight excluding hydrogens is 294 g/mol. The van der Waals surface area contributed by atoms with Crippen LogP contribution in [-0.4, -0.2) is 48.5 Å². The first-order valence-corrected chi connectivity index (χ1v) is 8.02. The minimum absolute atomic E-state index is 0.317. The van der Waals surface area contributed by atoms with Gasteiger partial charge in [0.1, 0.15) is 5.75 Å². The summed E-state index contributed by atoms with van der Waals surface area (Å²) in [5, 5.41) is 4.06. The summed E-state index contributed by atoms with van der Waals surface area (Å²) in [6.07, 6.45) is 3.87. The van der Waals surface area contributed by atoms with Crippen molar-refractivity contribution in [1.82, 2.24) is 15.0 Å². The lowest BCUT2D eigenvalue weighted by atomic mass is 10.1. The molecule has 0 N–H and O–H groups in total. The van der Waals surface area contributed by atoms with Crippen molar-refractivity contribution in [3.05, 3.63) is 30.2 Å².